The van der Waals surface area contributed by atoms with E-state index in [2.05, 4.69) is 10.2 Å². The molecule has 0 atom stereocenters. The fraction of sp³-hybridized carbons (Fsp3) is 0.167. The molecule has 0 radical (unpaired) electrons. The molecule has 2 N–H and O–H groups in total. The number of nitrogen functional groups attached to an aromatic ring is 1. The summed E-state index contributed by atoms with van der Waals surface area (Å²) < 4.78 is 0. The third-order valence-corrected chi connectivity index (χ3v) is 2.41. The third-order valence-electron chi connectivity index (χ3n) is 2.41. The maximum atomic E-state index is 5.64. The van der Waals surface area contributed by atoms with Crippen molar-refractivity contribution in [2.75, 3.05) is 17.7 Å². The summed E-state index contributed by atoms with van der Waals surface area (Å²) in [6, 6.07) is 11.5. The first-order valence-electron chi connectivity index (χ1n) is 5.06. The van der Waals surface area contributed by atoms with E-state index in [1.807, 2.05) is 55.3 Å². The molecule has 0 unspecified atom stereocenters. The summed E-state index contributed by atoms with van der Waals surface area (Å²) in [5.74, 6) is 0.815. The van der Waals surface area contributed by atoms with Gasteiger partial charge in [-0.1, -0.05) is 0 Å². The maximum Gasteiger partial charge on any atom is 0.155 e. The van der Waals surface area contributed by atoms with Gasteiger partial charge in [0.1, 0.15) is 0 Å². The van der Waals surface area contributed by atoms with Crippen LogP contribution in [-0.4, -0.2) is 17.2 Å². The first-order chi connectivity index (χ1) is 7.66. The van der Waals surface area contributed by atoms with Crippen LogP contribution < -0.4 is 10.6 Å². The van der Waals surface area contributed by atoms with Crippen molar-refractivity contribution in [2.24, 2.45) is 0 Å². The largest absolute Gasteiger partial charge is 0.399 e. The van der Waals surface area contributed by atoms with Crippen LogP contribution in [0.1, 0.15) is 5.69 Å². The second-order valence-corrected chi connectivity index (χ2v) is 3.68. The Morgan fingerprint density at radius 3 is 2.25 bits per heavy atom. The average molecular weight is 214 g/mol. The topological polar surface area (TPSA) is 55.0 Å². The lowest BCUT2D eigenvalue weighted by Crippen LogP contribution is -2.11. The highest BCUT2D eigenvalue weighted by Crippen LogP contribution is 2.21. The first kappa shape index (κ1) is 10.4. The van der Waals surface area contributed by atoms with Gasteiger partial charge in [-0.2, -0.15) is 5.10 Å². The molecule has 2 aromatic rings. The molecule has 1 aromatic heterocycles. The number of nitrogens with zero attached hydrogens (tertiary/aromatic N) is 3. The molecule has 0 fully saturated rings. The van der Waals surface area contributed by atoms with Gasteiger partial charge in [0.15, 0.2) is 5.82 Å². The van der Waals surface area contributed by atoms with Gasteiger partial charge in [-0.25, -0.2) is 0 Å². The van der Waals surface area contributed by atoms with Gasteiger partial charge in [0.05, 0.1) is 5.69 Å². The van der Waals surface area contributed by atoms with Crippen LogP contribution in [0.5, 0.6) is 0 Å². The summed E-state index contributed by atoms with van der Waals surface area (Å²) in [5.41, 5.74) is 8.34. The lowest BCUT2D eigenvalue weighted by Gasteiger charge is -2.17. The van der Waals surface area contributed by atoms with E-state index in [9.17, 15) is 0 Å². The van der Waals surface area contributed by atoms with Gasteiger partial charge in [0.2, 0.25) is 0 Å². The van der Waals surface area contributed by atoms with Crippen LogP contribution in [0.25, 0.3) is 0 Å². The zero-order chi connectivity index (χ0) is 11.5. The van der Waals surface area contributed by atoms with E-state index in [0.29, 0.717) is 0 Å². The summed E-state index contributed by atoms with van der Waals surface area (Å²) in [5, 5.41) is 8.15. The van der Waals surface area contributed by atoms with Gasteiger partial charge in [0.25, 0.3) is 0 Å². The van der Waals surface area contributed by atoms with E-state index in [1.54, 1.807) is 0 Å². The molecular weight excluding hydrogens is 200 g/mol. The van der Waals surface area contributed by atoms with Gasteiger partial charge in [-0.05, 0) is 43.3 Å². The van der Waals surface area contributed by atoms with Crippen LogP contribution in [0, 0.1) is 6.92 Å². The third kappa shape index (κ3) is 2.11. The highest BCUT2D eigenvalue weighted by molar-refractivity contribution is 5.61. The van der Waals surface area contributed by atoms with E-state index in [4.69, 9.17) is 5.73 Å². The molecule has 1 heterocycles. The zero-order valence-electron chi connectivity index (χ0n) is 9.38. The van der Waals surface area contributed by atoms with Crippen LogP contribution in [0.3, 0.4) is 0 Å². The number of rotatable bonds is 2. The van der Waals surface area contributed by atoms with Gasteiger partial charge >= 0.3 is 0 Å². The maximum absolute atomic E-state index is 5.64. The minimum Gasteiger partial charge on any atom is -0.399 e. The summed E-state index contributed by atoms with van der Waals surface area (Å²) in [7, 11) is 1.95. The summed E-state index contributed by atoms with van der Waals surface area (Å²) in [6.07, 6.45) is 0. The molecule has 1 aromatic carbocycles. The van der Waals surface area contributed by atoms with Gasteiger partial charge < -0.3 is 10.6 Å². The number of aryl methyl sites for hydroxylation is 1. The van der Waals surface area contributed by atoms with Crippen molar-refractivity contribution in [3.8, 4) is 0 Å². The van der Waals surface area contributed by atoms with Crippen molar-refractivity contribution in [2.45, 2.75) is 6.92 Å². The predicted octanol–water partition coefficient (Wildman–Crippen LogP) is 2.14. The van der Waals surface area contributed by atoms with Crippen LogP contribution in [0.2, 0.25) is 0 Å². The first-order valence-corrected chi connectivity index (χ1v) is 5.06. The van der Waals surface area contributed by atoms with Crippen LogP contribution >= 0.6 is 0 Å². The average Bonchev–Trinajstić information content (AvgIpc) is 2.30. The Kier molecular flexibility index (Phi) is 2.72. The molecule has 0 aliphatic rings. The number of nitrogens with two attached hydrogens (primary N) is 1. The van der Waals surface area contributed by atoms with Crippen molar-refractivity contribution in [1.29, 1.82) is 0 Å². The molecule has 4 nitrogen and oxygen atoms in total. The van der Waals surface area contributed by atoms with Crippen molar-refractivity contribution >= 4 is 17.2 Å². The van der Waals surface area contributed by atoms with E-state index in [1.165, 1.54) is 0 Å². The van der Waals surface area contributed by atoms with Crippen molar-refractivity contribution in [3.05, 3.63) is 42.1 Å². The molecule has 16 heavy (non-hydrogen) atoms. The molecule has 0 amide bonds. The molecule has 2 rings (SSSR count). The Labute approximate surface area is 94.7 Å². The number of aromatic nitrogens is 2. The number of benzene rings is 1. The summed E-state index contributed by atoms with van der Waals surface area (Å²) in [4.78, 5) is 1.96. The molecule has 0 saturated heterocycles. The standard InChI is InChI=1S/C12H14N4/c1-9-3-8-12(15-14-9)16(2)11-6-4-10(13)5-7-11/h3-8H,13H2,1-2H3. The Hall–Kier alpha value is -2.10. The molecular formula is C12H14N4. The quantitative estimate of drug-likeness (QED) is 0.778. The van der Waals surface area contributed by atoms with E-state index in [0.717, 1.165) is 22.9 Å². The van der Waals surface area contributed by atoms with Crippen molar-refractivity contribution in [1.82, 2.24) is 10.2 Å². The minimum absolute atomic E-state index is 0.757. The van der Waals surface area contributed by atoms with E-state index < -0.39 is 0 Å². The summed E-state index contributed by atoms with van der Waals surface area (Å²) >= 11 is 0. The second-order valence-electron chi connectivity index (χ2n) is 3.68. The molecule has 0 aliphatic heterocycles. The molecule has 0 spiro atoms. The molecule has 4 heteroatoms. The van der Waals surface area contributed by atoms with Crippen molar-refractivity contribution < 1.29 is 0 Å². The zero-order valence-corrected chi connectivity index (χ0v) is 9.38. The Bertz CT molecular complexity index is 416. The van der Waals surface area contributed by atoms with Gasteiger partial charge in [-0.15, -0.1) is 5.10 Å². The molecule has 0 saturated carbocycles. The van der Waals surface area contributed by atoms with Crippen LogP contribution in [0.15, 0.2) is 36.4 Å². The lowest BCUT2D eigenvalue weighted by atomic mass is 10.2. The monoisotopic (exact) mass is 214 g/mol. The highest BCUT2D eigenvalue weighted by Gasteiger charge is 2.04. The van der Waals surface area contributed by atoms with Crippen molar-refractivity contribution in [3.63, 3.8) is 0 Å². The minimum atomic E-state index is 0.757. The Morgan fingerprint density at radius 1 is 1.00 bits per heavy atom. The molecule has 0 aliphatic carbocycles. The molecule has 0 bridgehead atoms. The van der Waals surface area contributed by atoms with E-state index in [-0.39, 0.29) is 0 Å². The number of hydrogen-bond donors (Lipinski definition) is 1. The fourth-order valence-corrected chi connectivity index (χ4v) is 1.40. The van der Waals surface area contributed by atoms with Crippen LogP contribution in [0.4, 0.5) is 17.2 Å². The fourth-order valence-electron chi connectivity index (χ4n) is 1.40. The van der Waals surface area contributed by atoms with Gasteiger partial charge in [0, 0.05) is 18.4 Å². The SMILES string of the molecule is Cc1ccc(N(C)c2ccc(N)cc2)nn1. The van der Waals surface area contributed by atoms with Gasteiger partial charge in [-0.3, -0.25) is 0 Å². The number of anilines is 3. The number of hydrogen-bond acceptors (Lipinski definition) is 4. The molecule has 82 valence electrons. The normalized spacial score (nSPS) is 10.1. The van der Waals surface area contributed by atoms with E-state index >= 15 is 0 Å². The summed E-state index contributed by atoms with van der Waals surface area (Å²) in [6.45, 7) is 1.92. The second kappa shape index (κ2) is 4.18. The smallest absolute Gasteiger partial charge is 0.155 e. The Balaban J connectivity index is 2.28. The van der Waals surface area contributed by atoms with Crippen LogP contribution in [-0.2, 0) is 0 Å². The Morgan fingerprint density at radius 2 is 1.69 bits per heavy atom. The lowest BCUT2D eigenvalue weighted by molar-refractivity contribution is 0.952. The predicted molar refractivity (Wildman–Crippen MR) is 65.7 cm³/mol. The highest BCUT2D eigenvalue weighted by atomic mass is 15.2.